The second-order valence-electron chi connectivity index (χ2n) is 6.81. The van der Waals surface area contributed by atoms with Gasteiger partial charge in [-0.2, -0.15) is 0 Å². The van der Waals surface area contributed by atoms with E-state index in [9.17, 15) is 4.79 Å². The third kappa shape index (κ3) is 2.71. The molecule has 1 saturated carbocycles. The van der Waals surface area contributed by atoms with Gasteiger partial charge in [0.25, 0.3) is 0 Å². The van der Waals surface area contributed by atoms with E-state index in [4.69, 9.17) is 5.73 Å². The highest BCUT2D eigenvalue weighted by Gasteiger charge is 2.44. The fourth-order valence-corrected chi connectivity index (χ4v) is 4.00. The number of amides is 1. The zero-order valence-electron chi connectivity index (χ0n) is 13.0. The van der Waals surface area contributed by atoms with Crippen LogP contribution in [0.2, 0.25) is 0 Å². The Kier molecular flexibility index (Phi) is 4.03. The molecule has 2 N–H and O–H groups in total. The molecule has 21 heavy (non-hydrogen) atoms. The molecular formula is C18H26N2O. The second kappa shape index (κ2) is 5.80. The largest absolute Gasteiger partial charge is 0.340 e. The first-order valence-electron chi connectivity index (χ1n) is 8.24. The molecule has 1 aromatic rings. The van der Waals surface area contributed by atoms with Crippen molar-refractivity contribution in [2.75, 3.05) is 13.1 Å². The Hall–Kier alpha value is -1.35. The van der Waals surface area contributed by atoms with Gasteiger partial charge in [0.15, 0.2) is 0 Å². The first-order chi connectivity index (χ1) is 10.1. The zero-order valence-corrected chi connectivity index (χ0v) is 13.0. The SMILES string of the molecule is Cc1cccc(C2(C(=O)N3CC[C@@H](N)C3)CCCCC2)c1. The average molecular weight is 286 g/mol. The van der Waals surface area contributed by atoms with Crippen molar-refractivity contribution in [1.82, 2.24) is 4.90 Å². The number of nitrogens with zero attached hydrogens (tertiary/aromatic N) is 1. The van der Waals surface area contributed by atoms with Gasteiger partial charge in [-0.1, -0.05) is 49.1 Å². The Balaban J connectivity index is 1.95. The van der Waals surface area contributed by atoms with Crippen LogP contribution in [0.5, 0.6) is 0 Å². The monoisotopic (exact) mass is 286 g/mol. The summed E-state index contributed by atoms with van der Waals surface area (Å²) in [4.78, 5) is 15.3. The molecule has 3 nitrogen and oxygen atoms in total. The maximum absolute atomic E-state index is 13.3. The lowest BCUT2D eigenvalue weighted by molar-refractivity contribution is -0.137. The van der Waals surface area contributed by atoms with Gasteiger partial charge >= 0.3 is 0 Å². The highest BCUT2D eigenvalue weighted by atomic mass is 16.2. The molecule has 2 aliphatic rings. The molecule has 0 bridgehead atoms. The summed E-state index contributed by atoms with van der Waals surface area (Å²) in [7, 11) is 0. The molecule has 3 rings (SSSR count). The van der Waals surface area contributed by atoms with Crippen molar-refractivity contribution in [3.63, 3.8) is 0 Å². The van der Waals surface area contributed by atoms with Crippen LogP contribution in [-0.2, 0) is 10.2 Å². The topological polar surface area (TPSA) is 46.3 Å². The average Bonchev–Trinajstić information content (AvgIpc) is 2.94. The van der Waals surface area contributed by atoms with E-state index in [0.717, 1.165) is 45.2 Å². The van der Waals surface area contributed by atoms with E-state index < -0.39 is 0 Å². The summed E-state index contributed by atoms with van der Waals surface area (Å²) >= 11 is 0. The highest BCUT2D eigenvalue weighted by molar-refractivity contribution is 5.88. The molecule has 3 heteroatoms. The molecule has 1 saturated heterocycles. The summed E-state index contributed by atoms with van der Waals surface area (Å²) in [5.41, 5.74) is 8.16. The minimum absolute atomic E-state index is 0.159. The van der Waals surface area contributed by atoms with Gasteiger partial charge < -0.3 is 10.6 Å². The number of aryl methyl sites for hydroxylation is 1. The van der Waals surface area contributed by atoms with Crippen molar-refractivity contribution in [3.8, 4) is 0 Å². The highest BCUT2D eigenvalue weighted by Crippen LogP contribution is 2.41. The van der Waals surface area contributed by atoms with Crippen LogP contribution in [-0.4, -0.2) is 29.9 Å². The van der Waals surface area contributed by atoms with Crippen molar-refractivity contribution in [3.05, 3.63) is 35.4 Å². The number of hydrogen-bond acceptors (Lipinski definition) is 2. The summed E-state index contributed by atoms with van der Waals surface area (Å²) in [5.74, 6) is 0.320. The van der Waals surface area contributed by atoms with Crippen molar-refractivity contribution < 1.29 is 4.79 Å². The number of nitrogens with two attached hydrogens (primary N) is 1. The third-order valence-electron chi connectivity index (χ3n) is 5.20. The predicted molar refractivity (Wildman–Crippen MR) is 85.1 cm³/mol. The van der Waals surface area contributed by atoms with E-state index in [-0.39, 0.29) is 11.5 Å². The van der Waals surface area contributed by atoms with Gasteiger partial charge in [-0.3, -0.25) is 4.79 Å². The first kappa shape index (κ1) is 14.6. The lowest BCUT2D eigenvalue weighted by Gasteiger charge is -2.39. The maximum Gasteiger partial charge on any atom is 0.233 e. The van der Waals surface area contributed by atoms with Crippen molar-refractivity contribution >= 4 is 5.91 Å². The van der Waals surface area contributed by atoms with E-state index >= 15 is 0 Å². The van der Waals surface area contributed by atoms with Gasteiger partial charge in [-0.15, -0.1) is 0 Å². The van der Waals surface area contributed by atoms with Crippen LogP contribution in [0, 0.1) is 6.92 Å². The molecule has 2 fully saturated rings. The van der Waals surface area contributed by atoms with Gasteiger partial charge in [-0.25, -0.2) is 0 Å². The molecule has 1 atom stereocenters. The van der Waals surface area contributed by atoms with Crippen LogP contribution in [0.1, 0.15) is 49.7 Å². The van der Waals surface area contributed by atoms with Crippen LogP contribution < -0.4 is 5.73 Å². The Bertz CT molecular complexity index is 520. The van der Waals surface area contributed by atoms with E-state index in [0.29, 0.717) is 5.91 Å². The van der Waals surface area contributed by atoms with Crippen molar-refractivity contribution in [2.24, 2.45) is 5.73 Å². The molecule has 114 valence electrons. The summed E-state index contributed by atoms with van der Waals surface area (Å²) in [6, 6.07) is 8.71. The number of carbonyl (C=O) groups is 1. The van der Waals surface area contributed by atoms with Crippen LogP contribution in [0.15, 0.2) is 24.3 Å². The lowest BCUT2D eigenvalue weighted by Crippen LogP contribution is -2.48. The first-order valence-corrected chi connectivity index (χ1v) is 8.24. The molecule has 0 spiro atoms. The Morgan fingerprint density at radius 2 is 2.05 bits per heavy atom. The number of benzene rings is 1. The summed E-state index contributed by atoms with van der Waals surface area (Å²) < 4.78 is 0. The van der Waals surface area contributed by atoms with E-state index in [1.807, 2.05) is 4.90 Å². The number of hydrogen-bond donors (Lipinski definition) is 1. The molecule has 1 aromatic carbocycles. The van der Waals surface area contributed by atoms with Gasteiger partial charge in [-0.05, 0) is 31.7 Å². The molecule has 0 radical (unpaired) electrons. The van der Waals surface area contributed by atoms with Crippen LogP contribution in [0.4, 0.5) is 0 Å². The number of rotatable bonds is 2. The van der Waals surface area contributed by atoms with Crippen LogP contribution >= 0.6 is 0 Å². The molecule has 1 aliphatic heterocycles. The van der Waals surface area contributed by atoms with Crippen molar-refractivity contribution in [1.29, 1.82) is 0 Å². The molecule has 0 unspecified atom stereocenters. The molecule has 1 heterocycles. The van der Waals surface area contributed by atoms with Crippen LogP contribution in [0.25, 0.3) is 0 Å². The third-order valence-corrected chi connectivity index (χ3v) is 5.20. The summed E-state index contributed by atoms with van der Waals surface area (Å²) in [6.45, 7) is 3.66. The standard InChI is InChI=1S/C18H26N2O/c1-14-6-5-7-15(12-14)18(9-3-2-4-10-18)17(21)20-11-8-16(19)13-20/h5-7,12,16H,2-4,8-11,13,19H2,1H3/t16-/m1/s1. The smallest absolute Gasteiger partial charge is 0.233 e. The zero-order chi connectivity index (χ0) is 14.9. The molecule has 1 aliphatic carbocycles. The summed E-state index contributed by atoms with van der Waals surface area (Å²) in [6.07, 6.45) is 6.47. The molecular weight excluding hydrogens is 260 g/mol. The summed E-state index contributed by atoms with van der Waals surface area (Å²) in [5, 5.41) is 0. The lowest BCUT2D eigenvalue weighted by atomic mass is 9.68. The molecule has 1 amide bonds. The van der Waals surface area contributed by atoms with Gasteiger partial charge in [0.1, 0.15) is 0 Å². The van der Waals surface area contributed by atoms with Crippen LogP contribution in [0.3, 0.4) is 0 Å². The maximum atomic E-state index is 13.3. The normalized spacial score (nSPS) is 25.0. The second-order valence-corrected chi connectivity index (χ2v) is 6.81. The quantitative estimate of drug-likeness (QED) is 0.908. The Labute approximate surface area is 127 Å². The minimum atomic E-state index is -0.297. The van der Waals surface area contributed by atoms with Gasteiger partial charge in [0, 0.05) is 19.1 Å². The van der Waals surface area contributed by atoms with E-state index in [1.54, 1.807) is 0 Å². The van der Waals surface area contributed by atoms with E-state index in [1.165, 1.54) is 17.5 Å². The number of likely N-dealkylation sites (tertiary alicyclic amines) is 1. The predicted octanol–water partition coefficient (Wildman–Crippen LogP) is 2.76. The fourth-order valence-electron chi connectivity index (χ4n) is 4.00. The Morgan fingerprint density at radius 3 is 2.67 bits per heavy atom. The fraction of sp³-hybridized carbons (Fsp3) is 0.611. The Morgan fingerprint density at radius 1 is 1.29 bits per heavy atom. The van der Waals surface area contributed by atoms with Crippen molar-refractivity contribution in [2.45, 2.75) is 56.9 Å². The van der Waals surface area contributed by atoms with Gasteiger partial charge in [0.2, 0.25) is 5.91 Å². The minimum Gasteiger partial charge on any atom is -0.340 e. The molecule has 0 aromatic heterocycles. The number of carbonyl (C=O) groups excluding carboxylic acids is 1. The van der Waals surface area contributed by atoms with E-state index in [2.05, 4.69) is 31.2 Å². The van der Waals surface area contributed by atoms with Gasteiger partial charge in [0.05, 0.1) is 5.41 Å².